The Morgan fingerprint density at radius 3 is 2.04 bits per heavy atom. The van der Waals surface area contributed by atoms with Gasteiger partial charge in [-0.2, -0.15) is 10.1 Å². The van der Waals surface area contributed by atoms with Gasteiger partial charge in [0, 0.05) is 0 Å². The molecule has 0 aromatic heterocycles. The van der Waals surface area contributed by atoms with Crippen LogP contribution in [0.25, 0.3) is 6.08 Å². The normalized spacial score (nSPS) is 15.9. The van der Waals surface area contributed by atoms with E-state index in [0.29, 0.717) is 9.23 Å². The van der Waals surface area contributed by atoms with Crippen molar-refractivity contribution >= 4 is 46.5 Å². The first-order chi connectivity index (χ1) is 12.6. The summed E-state index contributed by atoms with van der Waals surface area (Å²) >= 11 is 6.51. The van der Waals surface area contributed by atoms with Crippen LogP contribution >= 0.6 is 24.0 Å². The highest BCUT2D eigenvalue weighted by molar-refractivity contribution is 8.26. The molecule has 1 amide bonds. The number of hydrogen-bond donors (Lipinski definition) is 0. The first-order valence-corrected chi connectivity index (χ1v) is 8.93. The lowest BCUT2D eigenvalue weighted by molar-refractivity contribution is -0.122. The summed E-state index contributed by atoms with van der Waals surface area (Å²) in [5.41, 5.74) is 1.74. The number of carbonyl (C=O) groups excluding carboxylic acids is 1. The minimum Gasteiger partial charge on any atom is -0.497 e. The van der Waals surface area contributed by atoms with E-state index in [1.54, 1.807) is 26.5 Å². The standard InChI is InChI=1S/C19H16N2O3S2/c1-23-15-7-3-13(4-8-15)11-17-18(22)21(19(25)26-17)20-12-14-5-9-16(24-2)10-6-14/h3-12H,1-2H3/b17-11-,20-12?. The molecule has 26 heavy (non-hydrogen) atoms. The van der Waals surface area contributed by atoms with Crippen molar-refractivity contribution in [3.05, 3.63) is 64.6 Å². The lowest BCUT2D eigenvalue weighted by Crippen LogP contribution is -2.22. The summed E-state index contributed by atoms with van der Waals surface area (Å²) in [7, 11) is 3.22. The molecule has 5 nitrogen and oxygen atoms in total. The molecule has 0 bridgehead atoms. The minimum atomic E-state index is -0.236. The molecule has 1 aliphatic rings. The van der Waals surface area contributed by atoms with E-state index in [0.717, 1.165) is 22.6 Å². The lowest BCUT2D eigenvalue weighted by atomic mass is 10.2. The first kappa shape index (κ1) is 18.2. The number of carbonyl (C=O) groups is 1. The van der Waals surface area contributed by atoms with Crippen molar-refractivity contribution in [3.63, 3.8) is 0 Å². The Balaban J connectivity index is 1.75. The number of methoxy groups -OCH3 is 2. The fourth-order valence-electron chi connectivity index (χ4n) is 2.22. The van der Waals surface area contributed by atoms with Crippen molar-refractivity contribution in [1.82, 2.24) is 5.01 Å². The van der Waals surface area contributed by atoms with E-state index in [9.17, 15) is 4.79 Å². The van der Waals surface area contributed by atoms with Crippen molar-refractivity contribution in [2.75, 3.05) is 14.2 Å². The van der Waals surface area contributed by atoms with Crippen molar-refractivity contribution in [2.24, 2.45) is 5.10 Å². The third kappa shape index (κ3) is 4.12. The molecular formula is C19H16N2O3S2. The van der Waals surface area contributed by atoms with Gasteiger partial charge in [0.15, 0.2) is 4.32 Å². The molecule has 1 aliphatic heterocycles. The zero-order valence-corrected chi connectivity index (χ0v) is 15.8. The molecule has 1 saturated heterocycles. The van der Waals surface area contributed by atoms with Gasteiger partial charge in [-0.1, -0.05) is 23.9 Å². The molecular weight excluding hydrogens is 368 g/mol. The van der Waals surface area contributed by atoms with E-state index in [4.69, 9.17) is 21.7 Å². The number of thiocarbonyl (C=S) groups is 1. The Kier molecular flexibility index (Phi) is 5.70. The zero-order chi connectivity index (χ0) is 18.5. The smallest absolute Gasteiger partial charge is 0.286 e. The number of benzene rings is 2. The maximum atomic E-state index is 12.6. The quantitative estimate of drug-likeness (QED) is 0.444. The van der Waals surface area contributed by atoms with Gasteiger partial charge >= 0.3 is 0 Å². The van der Waals surface area contributed by atoms with Crippen molar-refractivity contribution in [1.29, 1.82) is 0 Å². The average molecular weight is 384 g/mol. The van der Waals surface area contributed by atoms with Crippen LogP contribution in [0.3, 0.4) is 0 Å². The van der Waals surface area contributed by atoms with Crippen LogP contribution < -0.4 is 9.47 Å². The second-order valence-electron chi connectivity index (χ2n) is 5.28. The lowest BCUT2D eigenvalue weighted by Gasteiger charge is -2.06. The Bertz CT molecular complexity index is 875. The van der Waals surface area contributed by atoms with Crippen molar-refractivity contribution in [2.45, 2.75) is 0 Å². The van der Waals surface area contributed by atoms with Gasteiger partial charge in [-0.05, 0) is 65.8 Å². The molecule has 0 radical (unpaired) electrons. The van der Waals surface area contributed by atoms with Gasteiger partial charge < -0.3 is 9.47 Å². The highest BCUT2D eigenvalue weighted by atomic mass is 32.2. The maximum absolute atomic E-state index is 12.6. The first-order valence-electron chi connectivity index (χ1n) is 7.71. The summed E-state index contributed by atoms with van der Waals surface area (Å²) < 4.78 is 10.7. The highest BCUT2D eigenvalue weighted by Crippen LogP contribution is 2.33. The molecule has 132 valence electrons. The van der Waals surface area contributed by atoms with Gasteiger partial charge in [0.05, 0.1) is 25.3 Å². The molecule has 3 rings (SSSR count). The van der Waals surface area contributed by atoms with Gasteiger partial charge in [-0.25, -0.2) is 0 Å². The Hall–Kier alpha value is -2.64. The molecule has 1 fully saturated rings. The molecule has 0 atom stereocenters. The molecule has 0 spiro atoms. The summed E-state index contributed by atoms with van der Waals surface area (Å²) in [6, 6.07) is 14.8. The summed E-state index contributed by atoms with van der Waals surface area (Å²) in [4.78, 5) is 13.1. The van der Waals surface area contributed by atoms with E-state index in [1.807, 2.05) is 48.5 Å². The molecule has 0 aliphatic carbocycles. The zero-order valence-electron chi connectivity index (χ0n) is 14.2. The van der Waals surface area contributed by atoms with Crippen LogP contribution in [0.2, 0.25) is 0 Å². The predicted octanol–water partition coefficient (Wildman–Crippen LogP) is 3.94. The largest absolute Gasteiger partial charge is 0.497 e. The van der Waals surface area contributed by atoms with E-state index >= 15 is 0 Å². The second kappa shape index (κ2) is 8.16. The molecule has 2 aromatic rings. The monoisotopic (exact) mass is 384 g/mol. The van der Waals surface area contributed by atoms with E-state index in [-0.39, 0.29) is 5.91 Å². The van der Waals surface area contributed by atoms with E-state index < -0.39 is 0 Å². The highest BCUT2D eigenvalue weighted by Gasteiger charge is 2.31. The predicted molar refractivity (Wildman–Crippen MR) is 109 cm³/mol. The molecule has 1 heterocycles. The van der Waals surface area contributed by atoms with Crippen LogP contribution in [0.15, 0.2) is 58.5 Å². The number of amides is 1. The van der Waals surface area contributed by atoms with Gasteiger partial charge in [0.25, 0.3) is 5.91 Å². The van der Waals surface area contributed by atoms with Crippen LogP contribution in [0.4, 0.5) is 0 Å². The third-order valence-electron chi connectivity index (χ3n) is 3.63. The second-order valence-corrected chi connectivity index (χ2v) is 6.96. The SMILES string of the molecule is COc1ccc(C=NN2C(=O)/C(=C/c3ccc(OC)cc3)SC2=S)cc1. The fraction of sp³-hybridized carbons (Fsp3) is 0.105. The maximum Gasteiger partial charge on any atom is 0.286 e. The van der Waals surface area contributed by atoms with Crippen LogP contribution in [0.1, 0.15) is 11.1 Å². The Morgan fingerprint density at radius 1 is 0.962 bits per heavy atom. The Morgan fingerprint density at radius 2 is 1.50 bits per heavy atom. The van der Waals surface area contributed by atoms with Crippen LogP contribution in [-0.4, -0.2) is 35.7 Å². The number of hydrazone groups is 1. The number of ether oxygens (including phenoxy) is 2. The van der Waals surface area contributed by atoms with Gasteiger partial charge in [0.2, 0.25) is 0 Å². The van der Waals surface area contributed by atoms with Gasteiger partial charge in [0.1, 0.15) is 11.5 Å². The van der Waals surface area contributed by atoms with Gasteiger partial charge in [-0.15, -0.1) is 0 Å². The summed E-state index contributed by atoms with van der Waals surface area (Å²) in [6.07, 6.45) is 3.39. The average Bonchev–Trinajstić information content (AvgIpc) is 2.94. The molecule has 0 N–H and O–H groups in total. The summed E-state index contributed by atoms with van der Waals surface area (Å²) in [6.45, 7) is 0. The van der Waals surface area contributed by atoms with E-state index in [2.05, 4.69) is 5.10 Å². The molecule has 0 unspecified atom stereocenters. The summed E-state index contributed by atoms with van der Waals surface area (Å²) in [5, 5.41) is 5.46. The minimum absolute atomic E-state index is 0.236. The molecule has 2 aromatic carbocycles. The summed E-state index contributed by atoms with van der Waals surface area (Å²) in [5.74, 6) is 1.29. The van der Waals surface area contributed by atoms with Crippen molar-refractivity contribution < 1.29 is 14.3 Å². The van der Waals surface area contributed by atoms with Gasteiger partial charge in [-0.3, -0.25) is 4.79 Å². The number of hydrogen-bond acceptors (Lipinski definition) is 6. The van der Waals surface area contributed by atoms with Crippen LogP contribution in [0.5, 0.6) is 11.5 Å². The number of nitrogens with zero attached hydrogens (tertiary/aromatic N) is 2. The topological polar surface area (TPSA) is 51.1 Å². The fourth-order valence-corrected chi connectivity index (χ4v) is 3.40. The molecule has 0 saturated carbocycles. The Labute approximate surface area is 161 Å². The van der Waals surface area contributed by atoms with Crippen LogP contribution in [0, 0.1) is 0 Å². The number of thioether (sulfide) groups is 1. The van der Waals surface area contributed by atoms with Crippen LogP contribution in [-0.2, 0) is 4.79 Å². The number of rotatable bonds is 5. The van der Waals surface area contributed by atoms with Crippen molar-refractivity contribution in [3.8, 4) is 11.5 Å². The third-order valence-corrected chi connectivity index (χ3v) is 4.91. The van der Waals surface area contributed by atoms with E-state index in [1.165, 1.54) is 16.8 Å². The molecule has 7 heteroatoms.